The van der Waals surface area contributed by atoms with Gasteiger partial charge in [-0.05, 0) is 48.6 Å². The van der Waals surface area contributed by atoms with Gasteiger partial charge in [-0.1, -0.05) is 67.0 Å². The third-order valence-corrected chi connectivity index (χ3v) is 7.09. The Kier molecular flexibility index (Phi) is 10.1. The van der Waals surface area contributed by atoms with Crippen LogP contribution in [0.25, 0.3) is 0 Å². The van der Waals surface area contributed by atoms with Crippen molar-refractivity contribution in [2.75, 3.05) is 23.7 Å². The molecule has 9 heteroatoms. The highest BCUT2D eigenvalue weighted by Crippen LogP contribution is 2.24. The number of aryl methyl sites for hydroxylation is 1. The molecule has 0 heterocycles. The third-order valence-electron chi connectivity index (χ3n) is 5.44. The van der Waals surface area contributed by atoms with E-state index in [1.807, 2.05) is 57.2 Å². The Balaban J connectivity index is 2.39. The first-order valence-electron chi connectivity index (χ1n) is 11.3. The van der Waals surface area contributed by atoms with Gasteiger partial charge in [-0.2, -0.15) is 0 Å². The lowest BCUT2D eigenvalue weighted by Crippen LogP contribution is -2.51. The minimum absolute atomic E-state index is 0.176. The third kappa shape index (κ3) is 7.84. The number of hydrogen-bond acceptors (Lipinski definition) is 4. The quantitative estimate of drug-likeness (QED) is 0.457. The van der Waals surface area contributed by atoms with Gasteiger partial charge in [0.25, 0.3) is 0 Å². The van der Waals surface area contributed by atoms with Gasteiger partial charge in [-0.25, -0.2) is 8.42 Å². The van der Waals surface area contributed by atoms with Crippen LogP contribution < -0.4 is 9.62 Å². The summed E-state index contributed by atoms with van der Waals surface area (Å²) in [7, 11) is -3.75. The van der Waals surface area contributed by atoms with Crippen molar-refractivity contribution < 1.29 is 18.0 Å². The predicted octanol–water partition coefficient (Wildman–Crippen LogP) is 3.97. The standard InChI is InChI=1S/C25H34BrN3O4S/c1-6-21-9-7-8-10-23(21)29(34(5,32)33)17-24(30)28(16-20-11-13-22(26)14-12-20)19(4)25(31)27-15-18(2)3/h7-14,18-19H,6,15-17H2,1-5H3,(H,27,31)/t19-/m1/s1. The lowest BCUT2D eigenvalue weighted by molar-refractivity contribution is -0.139. The fourth-order valence-electron chi connectivity index (χ4n) is 3.47. The molecule has 2 rings (SSSR count). The van der Waals surface area contributed by atoms with Crippen LogP contribution in [0.15, 0.2) is 53.0 Å². The summed E-state index contributed by atoms with van der Waals surface area (Å²) in [5, 5.41) is 2.87. The molecule has 0 aliphatic heterocycles. The maximum absolute atomic E-state index is 13.6. The van der Waals surface area contributed by atoms with E-state index in [1.165, 1.54) is 4.90 Å². The van der Waals surface area contributed by atoms with Crippen LogP contribution in [0.5, 0.6) is 0 Å². The summed E-state index contributed by atoms with van der Waals surface area (Å²) in [5.74, 6) is -0.469. The van der Waals surface area contributed by atoms with E-state index in [2.05, 4.69) is 21.2 Å². The highest BCUT2D eigenvalue weighted by atomic mass is 79.9. The molecule has 0 aliphatic carbocycles. The lowest BCUT2D eigenvalue weighted by atomic mass is 10.1. The second kappa shape index (κ2) is 12.4. The fraction of sp³-hybridized carbons (Fsp3) is 0.440. The van der Waals surface area contributed by atoms with Gasteiger partial charge in [-0.15, -0.1) is 0 Å². The number of carbonyl (C=O) groups is 2. The Hall–Kier alpha value is -2.39. The number of benzene rings is 2. The monoisotopic (exact) mass is 551 g/mol. The largest absolute Gasteiger partial charge is 0.354 e. The lowest BCUT2D eigenvalue weighted by Gasteiger charge is -2.32. The van der Waals surface area contributed by atoms with E-state index >= 15 is 0 Å². The molecule has 0 aliphatic rings. The summed E-state index contributed by atoms with van der Waals surface area (Å²) in [4.78, 5) is 27.8. The van der Waals surface area contributed by atoms with Crippen molar-refractivity contribution in [3.8, 4) is 0 Å². The molecule has 0 saturated carbocycles. The molecular formula is C25H34BrN3O4S. The highest BCUT2D eigenvalue weighted by Gasteiger charge is 2.30. The van der Waals surface area contributed by atoms with E-state index in [1.54, 1.807) is 19.1 Å². The number of amides is 2. The number of sulfonamides is 1. The molecule has 0 spiro atoms. The number of para-hydroxylation sites is 1. The van der Waals surface area contributed by atoms with Gasteiger partial charge in [0, 0.05) is 17.6 Å². The molecule has 1 atom stereocenters. The van der Waals surface area contributed by atoms with Crippen molar-refractivity contribution in [3.05, 3.63) is 64.1 Å². The van der Waals surface area contributed by atoms with E-state index in [4.69, 9.17) is 0 Å². The highest BCUT2D eigenvalue weighted by molar-refractivity contribution is 9.10. The Bertz CT molecular complexity index is 1090. The van der Waals surface area contributed by atoms with Crippen LogP contribution in [-0.4, -0.2) is 50.5 Å². The van der Waals surface area contributed by atoms with Gasteiger partial charge in [0.2, 0.25) is 21.8 Å². The molecule has 2 amide bonds. The van der Waals surface area contributed by atoms with Crippen LogP contribution >= 0.6 is 15.9 Å². The molecule has 2 aromatic carbocycles. The zero-order valence-corrected chi connectivity index (χ0v) is 22.8. The van der Waals surface area contributed by atoms with Crippen molar-refractivity contribution in [3.63, 3.8) is 0 Å². The minimum Gasteiger partial charge on any atom is -0.354 e. The number of anilines is 1. The van der Waals surface area contributed by atoms with Gasteiger partial charge in [0.05, 0.1) is 11.9 Å². The summed E-state index contributed by atoms with van der Waals surface area (Å²) in [6, 6.07) is 13.8. The topological polar surface area (TPSA) is 86.8 Å². The second-order valence-corrected chi connectivity index (χ2v) is 11.5. The van der Waals surface area contributed by atoms with E-state index in [0.717, 1.165) is 26.2 Å². The average Bonchev–Trinajstić information content (AvgIpc) is 2.79. The molecule has 1 N–H and O–H groups in total. The van der Waals surface area contributed by atoms with Gasteiger partial charge in [-0.3, -0.25) is 13.9 Å². The van der Waals surface area contributed by atoms with Crippen LogP contribution in [0.4, 0.5) is 5.69 Å². The number of halogens is 1. The van der Waals surface area contributed by atoms with Gasteiger partial charge >= 0.3 is 0 Å². The smallest absolute Gasteiger partial charge is 0.244 e. The zero-order chi connectivity index (χ0) is 25.5. The molecule has 0 aromatic heterocycles. The predicted molar refractivity (Wildman–Crippen MR) is 140 cm³/mol. The molecule has 7 nitrogen and oxygen atoms in total. The number of nitrogens with one attached hydrogen (secondary N) is 1. The Morgan fingerprint density at radius 2 is 1.65 bits per heavy atom. The van der Waals surface area contributed by atoms with Gasteiger partial charge < -0.3 is 10.2 Å². The Labute approximate surface area is 211 Å². The first kappa shape index (κ1) is 27.9. The maximum Gasteiger partial charge on any atom is 0.244 e. The van der Waals surface area contributed by atoms with Crippen molar-refractivity contribution in [1.29, 1.82) is 0 Å². The number of hydrogen-bond donors (Lipinski definition) is 1. The first-order valence-corrected chi connectivity index (χ1v) is 13.9. The summed E-state index contributed by atoms with van der Waals surface area (Å²) in [5.41, 5.74) is 2.13. The second-order valence-electron chi connectivity index (χ2n) is 8.71. The maximum atomic E-state index is 13.6. The summed E-state index contributed by atoms with van der Waals surface area (Å²) < 4.78 is 27.4. The SMILES string of the molecule is CCc1ccccc1N(CC(=O)N(Cc1ccc(Br)cc1)[C@H](C)C(=O)NCC(C)C)S(C)(=O)=O. The van der Waals surface area contributed by atoms with Crippen LogP contribution in [0, 0.1) is 5.92 Å². The van der Waals surface area contributed by atoms with Gasteiger partial charge in [0.1, 0.15) is 12.6 Å². The Morgan fingerprint density at radius 3 is 2.21 bits per heavy atom. The number of carbonyl (C=O) groups excluding carboxylic acids is 2. The number of nitrogens with zero attached hydrogens (tertiary/aromatic N) is 2. The summed E-state index contributed by atoms with van der Waals surface area (Å²) in [6.07, 6.45) is 1.71. The van der Waals surface area contributed by atoms with Gasteiger partial charge in [0.15, 0.2) is 0 Å². The molecule has 0 fully saturated rings. The van der Waals surface area contributed by atoms with E-state index in [9.17, 15) is 18.0 Å². The summed E-state index contributed by atoms with van der Waals surface area (Å²) in [6.45, 7) is 7.85. The summed E-state index contributed by atoms with van der Waals surface area (Å²) >= 11 is 3.40. The van der Waals surface area contributed by atoms with Crippen LogP contribution in [0.1, 0.15) is 38.8 Å². The zero-order valence-electron chi connectivity index (χ0n) is 20.4. The van der Waals surface area contributed by atoms with Crippen molar-refractivity contribution in [2.24, 2.45) is 5.92 Å². The molecule has 0 saturated heterocycles. The van der Waals surface area contributed by atoms with Crippen LogP contribution in [0.2, 0.25) is 0 Å². The van der Waals surface area contributed by atoms with E-state index in [-0.39, 0.29) is 18.4 Å². The normalized spacial score (nSPS) is 12.3. The molecule has 0 radical (unpaired) electrons. The molecule has 0 unspecified atom stereocenters. The first-order chi connectivity index (χ1) is 15.9. The molecule has 0 bridgehead atoms. The van der Waals surface area contributed by atoms with E-state index in [0.29, 0.717) is 18.7 Å². The van der Waals surface area contributed by atoms with Crippen LogP contribution in [0.3, 0.4) is 0 Å². The number of rotatable bonds is 11. The van der Waals surface area contributed by atoms with Crippen LogP contribution in [-0.2, 0) is 32.6 Å². The molecule has 2 aromatic rings. The molecule has 186 valence electrons. The van der Waals surface area contributed by atoms with Crippen molar-refractivity contribution in [1.82, 2.24) is 10.2 Å². The Morgan fingerprint density at radius 1 is 1.03 bits per heavy atom. The van der Waals surface area contributed by atoms with E-state index < -0.39 is 28.5 Å². The molecular weight excluding hydrogens is 518 g/mol. The fourth-order valence-corrected chi connectivity index (χ4v) is 4.61. The molecule has 34 heavy (non-hydrogen) atoms. The average molecular weight is 553 g/mol. The van der Waals surface area contributed by atoms with Crippen molar-refractivity contribution in [2.45, 2.75) is 46.7 Å². The minimum atomic E-state index is -3.75. The van der Waals surface area contributed by atoms with Crippen molar-refractivity contribution >= 4 is 43.5 Å².